The molecule has 12 aromatic rings. The zero-order chi connectivity index (χ0) is 85.5. The number of pyridine rings is 3. The molecule has 0 aliphatic carbocycles. The van der Waals surface area contributed by atoms with E-state index in [9.17, 15) is 63.5 Å². The molecule has 3 amide bonds. The number of carbonyl (C=O) groups excluding carboxylic acids is 3. The lowest BCUT2D eigenvalue weighted by atomic mass is 10.1. The lowest BCUT2D eigenvalue weighted by Crippen LogP contribution is -2.28. The average Bonchev–Trinajstić information content (AvgIpc) is 1.63. The number of aromatic nitrogens is 9. The molecule has 119 heavy (non-hydrogen) atoms. The van der Waals surface area contributed by atoms with Crippen molar-refractivity contribution in [2.24, 2.45) is 0 Å². The summed E-state index contributed by atoms with van der Waals surface area (Å²) in [7, 11) is -9.79. The zero-order valence-corrected chi connectivity index (χ0v) is 74.2. The van der Waals surface area contributed by atoms with Gasteiger partial charge in [0.25, 0.3) is 0 Å². The molecule has 0 radical (unpaired) electrons. The molecule has 0 aliphatic heterocycles. The van der Waals surface area contributed by atoms with Crippen LogP contribution in [0.1, 0.15) is 110 Å². The molecular weight excluding hydrogens is 1910 g/mol. The number of phenols is 4. The van der Waals surface area contributed by atoms with Crippen molar-refractivity contribution in [2.75, 3.05) is 89.8 Å². The van der Waals surface area contributed by atoms with Crippen molar-refractivity contribution in [3.05, 3.63) is 160 Å². The first kappa shape index (κ1) is 92.2. The molecule has 636 valence electrons. The standard InChI is InChI=1S/2C27H33IN5O7P.C27H32IN5O4/c1-2-3-7-22-32-24-25(33(22)16-18-5-4-6-21(26(18)35)40-41(36,37)38)19-9-8-17(14-20(19)31-27(24)29)10-12-39-13-11-30-23(34)15-28;1-2-3-7-22-32-24-25(33(22)16-18-5-4-6-21(34)26(18)40-41(36,37)38)19-9-8-17(14-20(19)31-27(24)29)10-12-39-13-11-30-23(35)15-28;1-2-3-4-23-32-25-26(33(23)16-18-14-19(34)6-8-22(18)35)20-7-5-17(13-21(20)31-27(25)29)9-11-37-12-10-30-24(36)15-28/h4-6,8-9,14,35H,2-3,7,10-13,15-16H2,1H3,(H2,29,31)(H,30,34)(H2,36,37,38);4-6,8-9,14,34H,2-3,7,10-13,15-16H2,1H3,(H2,29,31)(H,30,35)(H2,36,37,38);5-8,13-14,34-35H,2-4,9-12,15-16H2,1H3,(H2,29,31)(H,30,36). The highest BCUT2D eigenvalue weighted by molar-refractivity contribution is 14.1. The molecule has 0 atom stereocenters. The van der Waals surface area contributed by atoms with Gasteiger partial charge < -0.3 is 90.5 Å². The molecule has 38 heteroatoms. The van der Waals surface area contributed by atoms with E-state index < -0.39 is 15.6 Å². The number of hydrogen-bond acceptors (Lipinski definition) is 23. The number of para-hydroxylation sites is 2. The Balaban J connectivity index is 0.000000188. The van der Waals surface area contributed by atoms with Gasteiger partial charge in [-0.05, 0) is 104 Å². The number of nitrogens with two attached hydrogens (primary N) is 3. The Kier molecular flexibility index (Phi) is 34.1. The van der Waals surface area contributed by atoms with E-state index in [1.165, 1.54) is 24.3 Å². The van der Waals surface area contributed by atoms with Crippen molar-refractivity contribution in [1.82, 2.24) is 59.6 Å². The quantitative estimate of drug-likeness (QED) is 0.00557. The number of phenolic OH excluding ortho intramolecular Hbond substituents is 4. The lowest BCUT2D eigenvalue weighted by Gasteiger charge is -2.16. The number of unbranched alkanes of at least 4 members (excludes halogenated alkanes) is 3. The Labute approximate surface area is 726 Å². The number of nitrogens with one attached hydrogen (secondary N) is 3. The minimum atomic E-state index is -4.93. The highest BCUT2D eigenvalue weighted by Crippen LogP contribution is 2.46. The molecule has 0 bridgehead atoms. The second-order valence-electron chi connectivity index (χ2n) is 27.8. The lowest BCUT2D eigenvalue weighted by molar-refractivity contribution is -0.119. The number of alkyl halides is 3. The van der Waals surface area contributed by atoms with Crippen molar-refractivity contribution in [3.63, 3.8) is 0 Å². The Morgan fingerprint density at radius 1 is 0.429 bits per heavy atom. The summed E-state index contributed by atoms with van der Waals surface area (Å²) < 4.78 is 56.8. The summed E-state index contributed by atoms with van der Waals surface area (Å²) in [6, 6.07) is 31.5. The Morgan fingerprint density at radius 2 is 0.798 bits per heavy atom. The fraction of sp³-hybridized carbons (Fsp3) is 0.370. The molecule has 17 N–H and O–H groups in total. The van der Waals surface area contributed by atoms with E-state index in [1.54, 1.807) is 30.3 Å². The molecule has 6 aromatic carbocycles. The number of phosphoric ester groups is 2. The van der Waals surface area contributed by atoms with Crippen LogP contribution in [0.25, 0.3) is 65.8 Å². The summed E-state index contributed by atoms with van der Waals surface area (Å²) in [5.74, 6) is 2.12. The summed E-state index contributed by atoms with van der Waals surface area (Å²) in [4.78, 5) is 99.7. The van der Waals surface area contributed by atoms with Crippen LogP contribution in [0.4, 0.5) is 17.5 Å². The summed E-state index contributed by atoms with van der Waals surface area (Å²) in [6.45, 7) is 11.1. The van der Waals surface area contributed by atoms with Gasteiger partial charge in [0.05, 0.1) is 106 Å². The van der Waals surface area contributed by atoms with E-state index >= 15 is 0 Å². The van der Waals surface area contributed by atoms with Gasteiger partial charge in [0, 0.05) is 71.7 Å². The van der Waals surface area contributed by atoms with E-state index in [1.807, 2.05) is 125 Å². The molecule has 12 rings (SSSR count). The number of imidazole rings is 3. The molecule has 6 heterocycles. The largest absolute Gasteiger partial charge is 0.524 e. The van der Waals surface area contributed by atoms with Gasteiger partial charge in [0.15, 0.2) is 40.5 Å². The summed E-state index contributed by atoms with van der Waals surface area (Å²) in [5.41, 5.74) is 29.8. The number of hydrogen-bond donors (Lipinski definition) is 14. The van der Waals surface area contributed by atoms with Crippen LogP contribution in [-0.2, 0) is 95.9 Å². The van der Waals surface area contributed by atoms with Gasteiger partial charge in [-0.3, -0.25) is 34.0 Å². The van der Waals surface area contributed by atoms with Gasteiger partial charge in [-0.25, -0.2) is 39.0 Å². The molecule has 0 saturated carbocycles. The van der Waals surface area contributed by atoms with E-state index in [2.05, 4.69) is 66.8 Å². The van der Waals surface area contributed by atoms with E-state index in [4.69, 9.17) is 50.9 Å². The third-order valence-corrected chi connectivity index (χ3v) is 22.0. The van der Waals surface area contributed by atoms with E-state index in [0.717, 1.165) is 117 Å². The fourth-order valence-corrected chi connectivity index (χ4v) is 15.1. The number of nitrogens with zero attached hydrogens (tertiary/aromatic N) is 9. The third kappa shape index (κ3) is 25.3. The molecular formula is C81H98I3N15O18P2. The molecule has 6 aromatic heterocycles. The van der Waals surface area contributed by atoms with Gasteiger partial charge in [-0.2, -0.15) is 0 Å². The van der Waals surface area contributed by atoms with Crippen molar-refractivity contribution in [2.45, 2.75) is 117 Å². The number of carbonyl (C=O) groups is 3. The number of aryl methyl sites for hydroxylation is 3. The number of anilines is 3. The molecule has 0 spiro atoms. The first-order chi connectivity index (χ1) is 57.1. The number of aromatic hydroxyl groups is 4. The minimum absolute atomic E-state index is 0.00470. The van der Waals surface area contributed by atoms with Gasteiger partial charge in [-0.1, -0.05) is 168 Å². The highest BCUT2D eigenvalue weighted by atomic mass is 127. The van der Waals surface area contributed by atoms with Crippen LogP contribution in [0.2, 0.25) is 0 Å². The van der Waals surface area contributed by atoms with Crippen molar-refractivity contribution >= 4 is 184 Å². The minimum Gasteiger partial charge on any atom is -0.508 e. The van der Waals surface area contributed by atoms with Crippen molar-refractivity contribution in [1.29, 1.82) is 0 Å². The van der Waals surface area contributed by atoms with E-state index in [-0.39, 0.29) is 76.9 Å². The summed E-state index contributed by atoms with van der Waals surface area (Å²) >= 11 is 6.04. The van der Waals surface area contributed by atoms with Crippen LogP contribution in [0.3, 0.4) is 0 Å². The number of fused-ring (bicyclic) bond motifs is 9. The van der Waals surface area contributed by atoms with Gasteiger partial charge in [-0.15, -0.1) is 0 Å². The molecule has 0 unspecified atom stereocenters. The smallest absolute Gasteiger partial charge is 0.508 e. The fourth-order valence-electron chi connectivity index (χ4n) is 13.4. The first-order valence-electron chi connectivity index (χ1n) is 38.7. The van der Waals surface area contributed by atoms with Crippen LogP contribution in [-0.4, -0.2) is 174 Å². The van der Waals surface area contributed by atoms with Gasteiger partial charge in [0.1, 0.15) is 45.5 Å². The Bertz CT molecular complexity index is 5670. The van der Waals surface area contributed by atoms with Crippen LogP contribution in [0.5, 0.6) is 34.5 Å². The van der Waals surface area contributed by atoms with Crippen LogP contribution in [0.15, 0.2) is 109 Å². The normalized spacial score (nSPS) is 11.7. The molecule has 33 nitrogen and oxygen atoms in total. The van der Waals surface area contributed by atoms with Crippen molar-refractivity contribution in [3.8, 4) is 34.5 Å². The van der Waals surface area contributed by atoms with Crippen molar-refractivity contribution < 1.29 is 86.8 Å². The molecule has 0 fully saturated rings. The maximum Gasteiger partial charge on any atom is 0.524 e. The van der Waals surface area contributed by atoms with Gasteiger partial charge >= 0.3 is 15.6 Å². The summed E-state index contributed by atoms with van der Waals surface area (Å²) in [6.07, 6.45) is 9.69. The molecule has 0 aliphatic rings. The zero-order valence-electron chi connectivity index (χ0n) is 65.9. The number of rotatable bonds is 40. The second kappa shape index (κ2) is 44.0. The Morgan fingerprint density at radius 3 is 1.18 bits per heavy atom. The molecule has 0 saturated heterocycles. The SMILES string of the molecule is CCCCc1nc2c(N)nc3cc(CCOCCNC(=O)CI)ccc3c2n1Cc1cc(O)ccc1O.CCCCc1nc2c(N)nc3cc(CCOCCNC(=O)CI)ccc3c2n1Cc1cccc(O)c1OP(=O)(O)O.CCCCc1nc2c(N)nc3cc(CCOCCNC(=O)CI)ccc3c2n1Cc1cccc(OP(=O)(O)O)c1O. The number of phosphoric acid groups is 2. The second-order valence-corrected chi connectivity index (χ2v) is 32.5. The predicted molar refractivity (Wildman–Crippen MR) is 482 cm³/mol. The number of amides is 3. The van der Waals surface area contributed by atoms with Crippen LogP contribution < -0.4 is 42.2 Å². The number of halogens is 3. The van der Waals surface area contributed by atoms with Gasteiger partial charge in [0.2, 0.25) is 17.7 Å². The number of ether oxygens (including phenoxy) is 3. The van der Waals surface area contributed by atoms with E-state index in [0.29, 0.717) is 161 Å². The maximum atomic E-state index is 11.6. The topological polar surface area (TPSA) is 500 Å². The highest BCUT2D eigenvalue weighted by Gasteiger charge is 2.27. The number of nitrogen functional groups attached to an aromatic ring is 3. The van der Waals surface area contributed by atoms with Crippen LogP contribution in [0, 0.1) is 0 Å². The predicted octanol–water partition coefficient (Wildman–Crippen LogP) is 11.8. The monoisotopic (exact) mass is 2010 g/mol. The Hall–Kier alpha value is -9.06. The average molecular weight is 2010 g/mol. The number of benzene rings is 6. The third-order valence-electron chi connectivity index (χ3n) is 19.1. The van der Waals surface area contributed by atoms with Crippen LogP contribution >= 0.6 is 83.4 Å². The maximum absolute atomic E-state index is 11.6. The first-order valence-corrected chi connectivity index (χ1v) is 46.3. The summed E-state index contributed by atoms with van der Waals surface area (Å²) in [5, 5.41) is 52.5.